The van der Waals surface area contributed by atoms with Gasteiger partial charge in [-0.1, -0.05) is 23.7 Å². The van der Waals surface area contributed by atoms with Crippen molar-refractivity contribution in [2.24, 2.45) is 0 Å². The fourth-order valence-corrected chi connectivity index (χ4v) is 3.78. The molecule has 2 aliphatic rings. The van der Waals surface area contributed by atoms with E-state index in [9.17, 15) is 4.79 Å². The van der Waals surface area contributed by atoms with Gasteiger partial charge in [-0.25, -0.2) is 0 Å². The van der Waals surface area contributed by atoms with E-state index in [1.54, 1.807) is 0 Å². The molecule has 1 unspecified atom stereocenters. The molecule has 1 amide bonds. The van der Waals surface area contributed by atoms with Crippen LogP contribution in [-0.2, 0) is 19.7 Å². The summed E-state index contributed by atoms with van der Waals surface area (Å²) < 4.78 is 11.1. The van der Waals surface area contributed by atoms with E-state index in [2.05, 4.69) is 17.4 Å². The molecular weight excluding hydrogens is 326 g/mol. The van der Waals surface area contributed by atoms with Crippen molar-refractivity contribution in [1.29, 1.82) is 0 Å². The van der Waals surface area contributed by atoms with Crippen LogP contribution in [0.1, 0.15) is 44.1 Å². The zero-order valence-corrected chi connectivity index (χ0v) is 14.8. The summed E-state index contributed by atoms with van der Waals surface area (Å²) in [5.41, 5.74) is 1.18. The van der Waals surface area contributed by atoms with Crippen LogP contribution >= 0.6 is 11.6 Å². The predicted octanol–water partition coefficient (Wildman–Crippen LogP) is 3.46. The van der Waals surface area contributed by atoms with Gasteiger partial charge in [0.05, 0.1) is 6.10 Å². The first-order valence-electron chi connectivity index (χ1n) is 8.90. The molecule has 2 aliphatic heterocycles. The Morgan fingerprint density at radius 1 is 1.21 bits per heavy atom. The Morgan fingerprint density at radius 2 is 1.96 bits per heavy atom. The van der Waals surface area contributed by atoms with Crippen LogP contribution in [-0.4, -0.2) is 38.4 Å². The van der Waals surface area contributed by atoms with Crippen LogP contribution < -0.4 is 5.32 Å². The summed E-state index contributed by atoms with van der Waals surface area (Å²) in [7, 11) is 0. The van der Waals surface area contributed by atoms with E-state index < -0.39 is 0 Å². The van der Waals surface area contributed by atoms with Crippen molar-refractivity contribution >= 4 is 17.5 Å². The van der Waals surface area contributed by atoms with Crippen molar-refractivity contribution in [2.45, 2.75) is 50.0 Å². The van der Waals surface area contributed by atoms with Gasteiger partial charge >= 0.3 is 0 Å². The largest absolute Gasteiger partial charge is 0.381 e. The summed E-state index contributed by atoms with van der Waals surface area (Å²) >= 11 is 6.02. The minimum atomic E-state index is -0.0532. The number of halogens is 1. The molecule has 1 aromatic rings. The molecular formula is C19H26ClNO3. The summed E-state index contributed by atoms with van der Waals surface area (Å²) in [6, 6.07) is 8.00. The van der Waals surface area contributed by atoms with Gasteiger partial charge < -0.3 is 14.8 Å². The fraction of sp³-hybridized carbons (Fsp3) is 0.632. The standard InChI is InChI=1S/C19H26ClNO3/c20-16-5-3-15(4-6-16)19(9-12-23-13-10-19)14-21-18(22)8-7-17-2-1-11-24-17/h3-6,17H,1-2,7-14H2,(H,21,22). The molecule has 0 aromatic heterocycles. The van der Waals surface area contributed by atoms with Crippen molar-refractivity contribution in [3.05, 3.63) is 34.9 Å². The fourth-order valence-electron chi connectivity index (χ4n) is 3.65. The number of hydrogen-bond donors (Lipinski definition) is 1. The second-order valence-corrected chi connectivity index (χ2v) is 7.29. The Morgan fingerprint density at radius 3 is 2.62 bits per heavy atom. The van der Waals surface area contributed by atoms with Crippen LogP contribution in [0.5, 0.6) is 0 Å². The first-order valence-corrected chi connectivity index (χ1v) is 9.28. The second kappa shape index (κ2) is 8.32. The molecule has 2 fully saturated rings. The zero-order valence-electron chi connectivity index (χ0n) is 14.1. The normalized spacial score (nSPS) is 23.1. The number of nitrogens with one attached hydrogen (secondary N) is 1. The van der Waals surface area contributed by atoms with E-state index in [-0.39, 0.29) is 17.4 Å². The smallest absolute Gasteiger partial charge is 0.220 e. The Bertz CT molecular complexity index is 534. The van der Waals surface area contributed by atoms with Crippen LogP contribution in [0.15, 0.2) is 24.3 Å². The molecule has 2 heterocycles. The summed E-state index contributed by atoms with van der Waals surface area (Å²) in [4.78, 5) is 12.3. The maximum absolute atomic E-state index is 12.3. The van der Waals surface area contributed by atoms with Gasteiger partial charge in [-0.05, 0) is 49.8 Å². The molecule has 0 spiro atoms. The molecule has 1 atom stereocenters. The molecule has 3 rings (SSSR count). The van der Waals surface area contributed by atoms with Crippen LogP contribution in [0.25, 0.3) is 0 Å². The number of amides is 1. The van der Waals surface area contributed by atoms with Crippen LogP contribution in [0.4, 0.5) is 0 Å². The van der Waals surface area contributed by atoms with Crippen molar-refractivity contribution < 1.29 is 14.3 Å². The summed E-state index contributed by atoms with van der Waals surface area (Å²) in [6.45, 7) is 2.96. The summed E-state index contributed by atoms with van der Waals surface area (Å²) in [5.74, 6) is 0.116. The average Bonchev–Trinajstić information content (AvgIpc) is 3.13. The van der Waals surface area contributed by atoms with Crippen molar-refractivity contribution in [2.75, 3.05) is 26.4 Å². The molecule has 1 aromatic carbocycles. The maximum Gasteiger partial charge on any atom is 0.220 e. The zero-order chi connectivity index (χ0) is 16.8. The molecule has 5 heteroatoms. The highest BCUT2D eigenvalue weighted by atomic mass is 35.5. The van der Waals surface area contributed by atoms with Gasteiger partial charge in [-0.15, -0.1) is 0 Å². The number of benzene rings is 1. The molecule has 1 N–H and O–H groups in total. The Kier molecular flexibility index (Phi) is 6.14. The average molecular weight is 352 g/mol. The summed E-state index contributed by atoms with van der Waals surface area (Å²) in [6.07, 6.45) is 5.66. The topological polar surface area (TPSA) is 47.6 Å². The van der Waals surface area contributed by atoms with E-state index in [4.69, 9.17) is 21.1 Å². The Balaban J connectivity index is 1.57. The summed E-state index contributed by atoms with van der Waals surface area (Å²) in [5, 5.41) is 3.88. The number of hydrogen-bond acceptors (Lipinski definition) is 3. The third-order valence-electron chi connectivity index (χ3n) is 5.25. The van der Waals surface area contributed by atoms with Crippen molar-refractivity contribution in [1.82, 2.24) is 5.32 Å². The lowest BCUT2D eigenvalue weighted by Crippen LogP contribution is -2.44. The van der Waals surface area contributed by atoms with E-state index in [1.807, 2.05) is 12.1 Å². The molecule has 0 saturated carbocycles. The SMILES string of the molecule is O=C(CCC1CCCO1)NCC1(c2ccc(Cl)cc2)CCOCC1. The molecule has 4 nitrogen and oxygen atoms in total. The van der Waals surface area contributed by atoms with E-state index in [0.717, 1.165) is 56.9 Å². The lowest BCUT2D eigenvalue weighted by atomic mass is 9.74. The van der Waals surface area contributed by atoms with Gasteiger partial charge in [-0.2, -0.15) is 0 Å². The van der Waals surface area contributed by atoms with Crippen molar-refractivity contribution in [3.8, 4) is 0 Å². The molecule has 0 bridgehead atoms. The number of rotatable bonds is 6. The Labute approximate surface area is 148 Å². The molecule has 0 aliphatic carbocycles. The van der Waals surface area contributed by atoms with E-state index in [1.165, 1.54) is 5.56 Å². The third-order valence-corrected chi connectivity index (χ3v) is 5.50. The van der Waals surface area contributed by atoms with Crippen molar-refractivity contribution in [3.63, 3.8) is 0 Å². The van der Waals surface area contributed by atoms with Gasteiger partial charge in [0.15, 0.2) is 0 Å². The first-order chi connectivity index (χ1) is 11.7. The van der Waals surface area contributed by atoms with Gasteiger partial charge in [0, 0.05) is 43.2 Å². The van der Waals surface area contributed by atoms with Crippen LogP contribution in [0.2, 0.25) is 5.02 Å². The van der Waals surface area contributed by atoms with Crippen LogP contribution in [0.3, 0.4) is 0 Å². The molecule has 24 heavy (non-hydrogen) atoms. The van der Waals surface area contributed by atoms with E-state index in [0.29, 0.717) is 13.0 Å². The highest BCUT2D eigenvalue weighted by Gasteiger charge is 2.34. The lowest BCUT2D eigenvalue weighted by molar-refractivity contribution is -0.122. The monoisotopic (exact) mass is 351 g/mol. The van der Waals surface area contributed by atoms with Gasteiger partial charge in [0.1, 0.15) is 0 Å². The molecule has 132 valence electrons. The minimum Gasteiger partial charge on any atom is -0.381 e. The number of carbonyl (C=O) groups is 1. The first kappa shape index (κ1) is 17.7. The van der Waals surface area contributed by atoms with E-state index >= 15 is 0 Å². The molecule has 2 saturated heterocycles. The lowest BCUT2D eigenvalue weighted by Gasteiger charge is -2.38. The third kappa shape index (κ3) is 4.50. The number of carbonyl (C=O) groups excluding carboxylic acids is 1. The highest BCUT2D eigenvalue weighted by Crippen LogP contribution is 2.35. The predicted molar refractivity (Wildman–Crippen MR) is 94.4 cm³/mol. The maximum atomic E-state index is 12.3. The van der Waals surface area contributed by atoms with Gasteiger partial charge in [0.2, 0.25) is 5.91 Å². The Hall–Kier alpha value is -1.10. The quantitative estimate of drug-likeness (QED) is 0.853. The minimum absolute atomic E-state index is 0.0532. The highest BCUT2D eigenvalue weighted by molar-refractivity contribution is 6.30. The number of ether oxygens (including phenoxy) is 2. The van der Waals surface area contributed by atoms with Crippen LogP contribution in [0, 0.1) is 0 Å². The van der Waals surface area contributed by atoms with Gasteiger partial charge in [-0.3, -0.25) is 4.79 Å². The van der Waals surface area contributed by atoms with Gasteiger partial charge in [0.25, 0.3) is 0 Å². The second-order valence-electron chi connectivity index (χ2n) is 6.85. The molecule has 0 radical (unpaired) electrons.